The van der Waals surface area contributed by atoms with E-state index in [0.717, 1.165) is 12.3 Å². The number of likely N-dealkylation sites (tertiary alicyclic amines) is 1. The standard InChI is InChI=1S/C17H30BrNO3/c1-5-12-7-6-8-13(9-12)21-15-11-19(10-14(15)18)16(20)22-17(2,3)4/h12-15H,5-11H2,1-4H3. The zero-order valence-corrected chi connectivity index (χ0v) is 15.9. The van der Waals surface area contributed by atoms with Crippen molar-refractivity contribution in [3.8, 4) is 0 Å². The molecule has 0 N–H and O–H groups in total. The smallest absolute Gasteiger partial charge is 0.410 e. The van der Waals surface area contributed by atoms with E-state index in [0.29, 0.717) is 19.2 Å². The first kappa shape index (κ1) is 18.1. The Morgan fingerprint density at radius 3 is 2.64 bits per heavy atom. The molecular weight excluding hydrogens is 346 g/mol. The Bertz CT molecular complexity index is 383. The van der Waals surface area contributed by atoms with Gasteiger partial charge in [-0.15, -0.1) is 0 Å². The van der Waals surface area contributed by atoms with Crippen molar-refractivity contribution in [2.45, 2.75) is 82.4 Å². The molecule has 0 radical (unpaired) electrons. The van der Waals surface area contributed by atoms with Crippen molar-refractivity contribution in [2.24, 2.45) is 5.92 Å². The molecule has 1 saturated carbocycles. The van der Waals surface area contributed by atoms with Crippen LogP contribution >= 0.6 is 15.9 Å². The zero-order chi connectivity index (χ0) is 16.3. The van der Waals surface area contributed by atoms with Crippen LogP contribution < -0.4 is 0 Å². The topological polar surface area (TPSA) is 38.8 Å². The number of alkyl halides is 1. The Morgan fingerprint density at radius 1 is 1.27 bits per heavy atom. The molecule has 4 atom stereocenters. The first-order chi connectivity index (χ1) is 10.3. The molecule has 1 aliphatic heterocycles. The Kier molecular flexibility index (Phi) is 6.17. The van der Waals surface area contributed by atoms with Gasteiger partial charge in [0.15, 0.2) is 0 Å². The Labute approximate surface area is 143 Å². The maximum Gasteiger partial charge on any atom is 0.410 e. The van der Waals surface area contributed by atoms with Crippen molar-refractivity contribution in [1.29, 1.82) is 0 Å². The molecule has 2 aliphatic rings. The molecule has 1 heterocycles. The maximum absolute atomic E-state index is 12.2. The average Bonchev–Trinajstić information content (AvgIpc) is 2.79. The van der Waals surface area contributed by atoms with Crippen LogP contribution in [0.5, 0.6) is 0 Å². The second-order valence-corrected chi connectivity index (χ2v) is 8.81. The molecule has 2 fully saturated rings. The lowest BCUT2D eigenvalue weighted by atomic mass is 9.85. The SMILES string of the molecule is CCC1CCCC(OC2CN(C(=O)OC(C)(C)C)CC2Br)C1. The third-order valence-electron chi connectivity index (χ3n) is 4.53. The number of ether oxygens (including phenoxy) is 2. The molecule has 0 bridgehead atoms. The molecule has 4 nitrogen and oxygen atoms in total. The summed E-state index contributed by atoms with van der Waals surface area (Å²) in [5, 5.41) is 0. The second kappa shape index (κ2) is 7.52. The average molecular weight is 376 g/mol. The summed E-state index contributed by atoms with van der Waals surface area (Å²) in [4.78, 5) is 14.1. The van der Waals surface area contributed by atoms with Crippen LogP contribution in [0.1, 0.15) is 59.8 Å². The Hall–Kier alpha value is -0.290. The van der Waals surface area contributed by atoms with Crippen molar-refractivity contribution in [2.75, 3.05) is 13.1 Å². The van der Waals surface area contributed by atoms with Crippen LogP contribution in [-0.2, 0) is 9.47 Å². The van der Waals surface area contributed by atoms with Crippen LogP contribution in [0.15, 0.2) is 0 Å². The van der Waals surface area contributed by atoms with Crippen LogP contribution in [0.4, 0.5) is 4.79 Å². The largest absolute Gasteiger partial charge is 0.444 e. The molecule has 0 aromatic heterocycles. The summed E-state index contributed by atoms with van der Waals surface area (Å²) in [6, 6.07) is 0. The van der Waals surface area contributed by atoms with Crippen molar-refractivity contribution in [3.63, 3.8) is 0 Å². The van der Waals surface area contributed by atoms with E-state index < -0.39 is 5.60 Å². The zero-order valence-electron chi connectivity index (χ0n) is 14.3. The second-order valence-electron chi connectivity index (χ2n) is 7.64. The van der Waals surface area contributed by atoms with Crippen molar-refractivity contribution in [3.05, 3.63) is 0 Å². The Balaban J connectivity index is 1.84. The molecule has 1 saturated heterocycles. The van der Waals surface area contributed by atoms with Crippen LogP contribution in [-0.4, -0.2) is 46.7 Å². The van der Waals surface area contributed by atoms with Gasteiger partial charge in [-0.05, 0) is 39.5 Å². The van der Waals surface area contributed by atoms with Gasteiger partial charge in [0.1, 0.15) is 5.60 Å². The van der Waals surface area contributed by atoms with Gasteiger partial charge in [0, 0.05) is 6.54 Å². The molecule has 5 heteroatoms. The van der Waals surface area contributed by atoms with Crippen LogP contribution in [0, 0.1) is 5.92 Å². The molecule has 2 rings (SSSR count). The van der Waals surface area contributed by atoms with E-state index in [-0.39, 0.29) is 17.0 Å². The molecule has 0 spiro atoms. The summed E-state index contributed by atoms with van der Waals surface area (Å²) < 4.78 is 11.8. The predicted octanol–water partition coefficient (Wildman–Crippen LogP) is 4.35. The first-order valence-corrected chi connectivity index (χ1v) is 9.47. The summed E-state index contributed by atoms with van der Waals surface area (Å²) in [6.45, 7) is 9.23. The van der Waals surface area contributed by atoms with Crippen LogP contribution in [0.3, 0.4) is 0 Å². The first-order valence-electron chi connectivity index (χ1n) is 8.56. The van der Waals surface area contributed by atoms with E-state index in [4.69, 9.17) is 9.47 Å². The maximum atomic E-state index is 12.2. The molecule has 22 heavy (non-hydrogen) atoms. The molecule has 1 amide bonds. The van der Waals surface area contributed by atoms with Gasteiger partial charge in [-0.25, -0.2) is 4.79 Å². The summed E-state index contributed by atoms with van der Waals surface area (Å²) in [5.41, 5.74) is -0.449. The van der Waals surface area contributed by atoms with Gasteiger partial charge in [0.05, 0.1) is 23.6 Å². The van der Waals surface area contributed by atoms with Crippen molar-refractivity contribution >= 4 is 22.0 Å². The Morgan fingerprint density at radius 2 is 2.00 bits per heavy atom. The number of amides is 1. The number of nitrogens with zero attached hydrogens (tertiary/aromatic N) is 1. The molecular formula is C17H30BrNO3. The number of carbonyl (C=O) groups excluding carboxylic acids is 1. The number of halogens is 1. The molecule has 0 aromatic rings. The molecule has 1 aliphatic carbocycles. The summed E-state index contributed by atoms with van der Waals surface area (Å²) >= 11 is 3.68. The van der Waals surface area contributed by atoms with E-state index in [1.807, 2.05) is 20.8 Å². The van der Waals surface area contributed by atoms with E-state index >= 15 is 0 Å². The number of rotatable bonds is 3. The van der Waals surface area contributed by atoms with Gasteiger partial charge in [0.25, 0.3) is 0 Å². The third-order valence-corrected chi connectivity index (χ3v) is 5.41. The molecule has 0 aromatic carbocycles. The summed E-state index contributed by atoms with van der Waals surface area (Å²) in [7, 11) is 0. The highest BCUT2D eigenvalue weighted by Gasteiger charge is 2.38. The monoisotopic (exact) mass is 375 g/mol. The summed E-state index contributed by atoms with van der Waals surface area (Å²) in [5.74, 6) is 0.802. The predicted molar refractivity (Wildman–Crippen MR) is 91.4 cm³/mol. The molecule has 128 valence electrons. The lowest BCUT2D eigenvalue weighted by Gasteiger charge is -2.31. The van der Waals surface area contributed by atoms with Crippen LogP contribution in [0.2, 0.25) is 0 Å². The van der Waals surface area contributed by atoms with Crippen molar-refractivity contribution in [1.82, 2.24) is 4.90 Å². The molecule has 4 unspecified atom stereocenters. The number of carbonyl (C=O) groups is 1. The lowest BCUT2D eigenvalue weighted by molar-refractivity contribution is -0.0347. The minimum Gasteiger partial charge on any atom is -0.444 e. The van der Waals surface area contributed by atoms with Gasteiger partial charge in [0.2, 0.25) is 0 Å². The summed E-state index contributed by atoms with van der Waals surface area (Å²) in [6.07, 6.45) is 6.35. The fourth-order valence-electron chi connectivity index (χ4n) is 3.32. The minimum atomic E-state index is -0.449. The van der Waals surface area contributed by atoms with Crippen LogP contribution in [0.25, 0.3) is 0 Å². The van der Waals surface area contributed by atoms with Gasteiger partial charge in [-0.2, -0.15) is 0 Å². The van der Waals surface area contributed by atoms with E-state index in [1.165, 1.54) is 25.7 Å². The highest BCUT2D eigenvalue weighted by Crippen LogP contribution is 2.32. The highest BCUT2D eigenvalue weighted by atomic mass is 79.9. The third kappa shape index (κ3) is 5.12. The van der Waals surface area contributed by atoms with E-state index in [2.05, 4.69) is 22.9 Å². The van der Waals surface area contributed by atoms with Gasteiger partial charge in [-0.3, -0.25) is 0 Å². The van der Waals surface area contributed by atoms with E-state index in [9.17, 15) is 4.79 Å². The van der Waals surface area contributed by atoms with Crippen molar-refractivity contribution < 1.29 is 14.3 Å². The lowest BCUT2D eigenvalue weighted by Crippen LogP contribution is -2.36. The van der Waals surface area contributed by atoms with Gasteiger partial charge >= 0.3 is 6.09 Å². The fraction of sp³-hybridized carbons (Fsp3) is 0.941. The fourth-order valence-corrected chi connectivity index (χ4v) is 3.96. The number of hydrogen-bond donors (Lipinski definition) is 0. The normalized spacial score (nSPS) is 33.0. The van der Waals surface area contributed by atoms with E-state index in [1.54, 1.807) is 4.90 Å². The highest BCUT2D eigenvalue weighted by molar-refractivity contribution is 9.09. The number of hydrogen-bond acceptors (Lipinski definition) is 3. The minimum absolute atomic E-state index is 0.0770. The van der Waals surface area contributed by atoms with Gasteiger partial charge in [-0.1, -0.05) is 42.1 Å². The quantitative estimate of drug-likeness (QED) is 0.688. The van der Waals surface area contributed by atoms with Gasteiger partial charge < -0.3 is 14.4 Å².